The van der Waals surface area contributed by atoms with Crippen LogP contribution >= 0.6 is 23.2 Å². The smallest absolute Gasteiger partial charge is 0.340 e. The first-order chi connectivity index (χ1) is 6.24. The van der Waals surface area contributed by atoms with Crippen LogP contribution in [0, 0.1) is 0 Å². The largest absolute Gasteiger partial charge is 0.394 e. The molecular weight excluding hydrogens is 227 g/mol. The summed E-state index contributed by atoms with van der Waals surface area (Å²) < 4.78 is 11.4. The molecule has 0 spiro atoms. The lowest BCUT2D eigenvalue weighted by Gasteiger charge is -2.28. The third-order valence-corrected chi connectivity index (χ3v) is 6.43. The van der Waals surface area contributed by atoms with Crippen LogP contribution in [0.25, 0.3) is 0 Å². The van der Waals surface area contributed by atoms with Gasteiger partial charge in [-0.15, -0.1) is 23.2 Å². The molecule has 0 heterocycles. The van der Waals surface area contributed by atoms with E-state index in [-0.39, 0.29) is 0 Å². The second-order valence-corrected chi connectivity index (χ2v) is 6.81. The van der Waals surface area contributed by atoms with E-state index >= 15 is 0 Å². The Morgan fingerprint density at radius 1 is 0.923 bits per heavy atom. The van der Waals surface area contributed by atoms with Gasteiger partial charge in [-0.2, -0.15) is 0 Å². The van der Waals surface area contributed by atoms with Crippen molar-refractivity contribution in [3.8, 4) is 0 Å². The molecular formula is C8H18Cl2O2Si. The zero-order chi connectivity index (χ0) is 10.2. The molecule has 0 unspecified atom stereocenters. The van der Waals surface area contributed by atoms with Crippen molar-refractivity contribution in [2.45, 2.75) is 25.9 Å². The van der Waals surface area contributed by atoms with Gasteiger partial charge in [-0.05, 0) is 13.8 Å². The van der Waals surface area contributed by atoms with Crippen LogP contribution in [0.3, 0.4) is 0 Å². The molecule has 80 valence electrons. The summed E-state index contributed by atoms with van der Waals surface area (Å²) in [5.41, 5.74) is 0. The highest BCUT2D eigenvalue weighted by Gasteiger charge is 2.35. The fourth-order valence-corrected chi connectivity index (χ4v) is 5.54. The maximum absolute atomic E-state index is 5.72. The molecule has 0 amide bonds. The summed E-state index contributed by atoms with van der Waals surface area (Å²) in [7, 11) is -2.06. The van der Waals surface area contributed by atoms with Crippen molar-refractivity contribution in [2.75, 3.05) is 25.0 Å². The van der Waals surface area contributed by atoms with Crippen molar-refractivity contribution in [1.82, 2.24) is 0 Å². The molecule has 0 aromatic heterocycles. The van der Waals surface area contributed by atoms with Gasteiger partial charge in [-0.1, -0.05) is 0 Å². The highest BCUT2D eigenvalue weighted by molar-refractivity contribution is 6.68. The lowest BCUT2D eigenvalue weighted by Crippen LogP contribution is -2.43. The predicted molar refractivity (Wildman–Crippen MR) is 60.1 cm³/mol. The molecule has 0 fully saturated rings. The van der Waals surface area contributed by atoms with Crippen molar-refractivity contribution in [1.29, 1.82) is 0 Å². The predicted octanol–water partition coefficient (Wildman–Crippen LogP) is 2.98. The third kappa shape index (κ3) is 5.23. The number of halogens is 2. The van der Waals surface area contributed by atoms with Crippen LogP contribution in [0.5, 0.6) is 0 Å². The molecule has 0 radical (unpaired) electrons. The highest BCUT2D eigenvalue weighted by Crippen LogP contribution is 2.20. The van der Waals surface area contributed by atoms with E-state index in [1.807, 2.05) is 13.8 Å². The molecule has 0 N–H and O–H groups in total. The number of hydrogen-bond donors (Lipinski definition) is 0. The number of alkyl halides is 2. The average Bonchev–Trinajstić information content (AvgIpc) is 2.06. The Kier molecular flexibility index (Phi) is 8.51. The van der Waals surface area contributed by atoms with Crippen LogP contribution < -0.4 is 0 Å². The molecule has 0 aliphatic heterocycles. The lowest BCUT2D eigenvalue weighted by molar-refractivity contribution is 0.185. The van der Waals surface area contributed by atoms with Crippen LogP contribution in [0.15, 0.2) is 0 Å². The molecule has 13 heavy (non-hydrogen) atoms. The Morgan fingerprint density at radius 3 is 1.54 bits per heavy atom. The molecule has 0 rings (SSSR count). The molecule has 0 aliphatic rings. The van der Waals surface area contributed by atoms with E-state index in [0.29, 0.717) is 25.0 Å². The Labute approximate surface area is 91.8 Å². The summed E-state index contributed by atoms with van der Waals surface area (Å²) in [6.07, 6.45) is 0. The minimum atomic E-state index is -2.06. The molecule has 0 atom stereocenters. The molecule has 0 saturated carbocycles. The summed E-state index contributed by atoms with van der Waals surface area (Å²) >= 11 is 11.4. The normalized spacial score (nSPS) is 12.0. The van der Waals surface area contributed by atoms with Gasteiger partial charge >= 0.3 is 8.56 Å². The van der Waals surface area contributed by atoms with Crippen LogP contribution in [0.4, 0.5) is 0 Å². The fraction of sp³-hybridized carbons (Fsp3) is 1.00. The highest BCUT2D eigenvalue weighted by atomic mass is 35.5. The van der Waals surface area contributed by atoms with Gasteiger partial charge in [0.25, 0.3) is 0 Å². The molecule has 2 nitrogen and oxygen atoms in total. The first-order valence-electron chi connectivity index (χ1n) is 4.64. The SMILES string of the molecule is CCO[Si](CCCl)(CCCl)OCC. The van der Waals surface area contributed by atoms with Crippen molar-refractivity contribution in [3.63, 3.8) is 0 Å². The minimum absolute atomic E-state index is 0.586. The molecule has 0 aliphatic carbocycles. The zero-order valence-electron chi connectivity index (χ0n) is 8.32. The van der Waals surface area contributed by atoms with Gasteiger partial charge in [0.15, 0.2) is 0 Å². The van der Waals surface area contributed by atoms with E-state index in [1.165, 1.54) is 0 Å². The van der Waals surface area contributed by atoms with E-state index in [4.69, 9.17) is 32.1 Å². The second kappa shape index (κ2) is 8.06. The van der Waals surface area contributed by atoms with Crippen LogP contribution in [0.1, 0.15) is 13.8 Å². The molecule has 5 heteroatoms. The van der Waals surface area contributed by atoms with Gasteiger partial charge in [0.1, 0.15) is 0 Å². The number of hydrogen-bond acceptors (Lipinski definition) is 2. The average molecular weight is 245 g/mol. The van der Waals surface area contributed by atoms with Gasteiger partial charge in [0, 0.05) is 37.1 Å². The van der Waals surface area contributed by atoms with Crippen LogP contribution in [0.2, 0.25) is 12.1 Å². The molecule has 0 aromatic carbocycles. The van der Waals surface area contributed by atoms with Gasteiger partial charge in [0.2, 0.25) is 0 Å². The second-order valence-electron chi connectivity index (χ2n) is 2.65. The van der Waals surface area contributed by atoms with Gasteiger partial charge in [-0.3, -0.25) is 0 Å². The maximum Gasteiger partial charge on any atom is 0.340 e. The summed E-state index contributed by atoms with van der Waals surface area (Å²) in [5.74, 6) is 1.17. The maximum atomic E-state index is 5.72. The first-order valence-corrected chi connectivity index (χ1v) is 7.94. The van der Waals surface area contributed by atoms with E-state index in [9.17, 15) is 0 Å². The van der Waals surface area contributed by atoms with Gasteiger partial charge in [-0.25, -0.2) is 0 Å². The topological polar surface area (TPSA) is 18.5 Å². The van der Waals surface area contributed by atoms with Crippen molar-refractivity contribution in [2.24, 2.45) is 0 Å². The van der Waals surface area contributed by atoms with Crippen molar-refractivity contribution in [3.05, 3.63) is 0 Å². The van der Waals surface area contributed by atoms with E-state index in [2.05, 4.69) is 0 Å². The summed E-state index contributed by atoms with van der Waals surface area (Å²) in [6, 6.07) is 1.64. The lowest BCUT2D eigenvalue weighted by atomic mass is 10.9. The Morgan fingerprint density at radius 2 is 1.31 bits per heavy atom. The van der Waals surface area contributed by atoms with E-state index < -0.39 is 8.56 Å². The zero-order valence-corrected chi connectivity index (χ0v) is 10.8. The van der Waals surface area contributed by atoms with Gasteiger partial charge in [0.05, 0.1) is 0 Å². The van der Waals surface area contributed by atoms with E-state index in [1.54, 1.807) is 0 Å². The van der Waals surface area contributed by atoms with E-state index in [0.717, 1.165) is 12.1 Å². The quantitative estimate of drug-likeness (QED) is 0.483. The Bertz CT molecular complexity index is 95.2. The fourth-order valence-electron chi connectivity index (χ4n) is 1.27. The van der Waals surface area contributed by atoms with Crippen molar-refractivity contribution >= 4 is 31.8 Å². The minimum Gasteiger partial charge on any atom is -0.394 e. The molecule has 0 saturated heterocycles. The standard InChI is InChI=1S/C8H18Cl2O2Si/c1-3-11-13(7-5-9,8-6-10)12-4-2/h3-8H2,1-2H3. The van der Waals surface area contributed by atoms with Crippen LogP contribution in [-0.2, 0) is 8.85 Å². The third-order valence-electron chi connectivity index (χ3n) is 1.77. The molecule has 0 aromatic rings. The van der Waals surface area contributed by atoms with Crippen molar-refractivity contribution < 1.29 is 8.85 Å². The number of rotatable bonds is 8. The first kappa shape index (κ1) is 13.7. The summed E-state index contributed by atoms with van der Waals surface area (Å²) in [6.45, 7) is 5.31. The Hall–Kier alpha value is 0.717. The molecule has 0 bridgehead atoms. The Balaban J connectivity index is 4.19. The summed E-state index contributed by atoms with van der Waals surface area (Å²) in [5, 5.41) is 0. The van der Waals surface area contributed by atoms with Crippen LogP contribution in [-0.4, -0.2) is 33.5 Å². The van der Waals surface area contributed by atoms with Gasteiger partial charge < -0.3 is 8.85 Å². The monoisotopic (exact) mass is 244 g/mol. The summed E-state index contributed by atoms with van der Waals surface area (Å²) in [4.78, 5) is 0.